The number of nitrogens with zero attached hydrogens (tertiary/aromatic N) is 2. The Morgan fingerprint density at radius 2 is 2.06 bits per heavy atom. The third-order valence-corrected chi connectivity index (χ3v) is 3.58. The molecule has 2 heterocycles. The van der Waals surface area contributed by atoms with E-state index >= 15 is 0 Å². The largest absolute Gasteiger partial charge is 0.326 e. The molecule has 0 spiro atoms. The highest BCUT2D eigenvalue weighted by atomic mass is 16.1. The van der Waals surface area contributed by atoms with E-state index in [9.17, 15) is 4.79 Å². The number of aromatic amines is 1. The van der Waals surface area contributed by atoms with E-state index in [1.165, 1.54) is 0 Å². The Morgan fingerprint density at radius 1 is 1.39 bits per heavy atom. The van der Waals surface area contributed by atoms with Crippen molar-refractivity contribution in [1.29, 1.82) is 0 Å². The van der Waals surface area contributed by atoms with Crippen LogP contribution < -0.4 is 5.69 Å². The first-order valence-corrected chi connectivity index (χ1v) is 6.45. The van der Waals surface area contributed by atoms with Crippen LogP contribution in [0.1, 0.15) is 37.2 Å². The summed E-state index contributed by atoms with van der Waals surface area (Å²) in [6, 6.07) is 0.289. The molecule has 0 amide bonds. The molecule has 4 nitrogen and oxygen atoms in total. The SMILES string of the molecule is C=Cc1c(/C=C\C)[nH]c(=O)n1C1CCN(C)CC1. The molecule has 1 saturated heterocycles. The molecule has 0 saturated carbocycles. The summed E-state index contributed by atoms with van der Waals surface area (Å²) in [5.74, 6) is 0. The molecule has 18 heavy (non-hydrogen) atoms. The van der Waals surface area contributed by atoms with Gasteiger partial charge in [0.1, 0.15) is 0 Å². The van der Waals surface area contributed by atoms with Gasteiger partial charge in [-0.15, -0.1) is 0 Å². The van der Waals surface area contributed by atoms with Crippen LogP contribution in [0.15, 0.2) is 17.4 Å². The molecular weight excluding hydrogens is 226 g/mol. The smallest absolute Gasteiger partial charge is 0.306 e. The number of hydrogen-bond donors (Lipinski definition) is 1. The summed E-state index contributed by atoms with van der Waals surface area (Å²) in [6.07, 6.45) is 7.65. The normalized spacial score (nSPS) is 18.6. The summed E-state index contributed by atoms with van der Waals surface area (Å²) in [4.78, 5) is 17.3. The third-order valence-electron chi connectivity index (χ3n) is 3.58. The maximum Gasteiger partial charge on any atom is 0.326 e. The van der Waals surface area contributed by atoms with Gasteiger partial charge >= 0.3 is 5.69 Å². The zero-order valence-electron chi connectivity index (χ0n) is 11.1. The Morgan fingerprint density at radius 3 is 2.61 bits per heavy atom. The Bertz CT molecular complexity index is 502. The van der Waals surface area contributed by atoms with Crippen LogP contribution in [0.25, 0.3) is 12.2 Å². The number of piperidine rings is 1. The summed E-state index contributed by atoms with van der Waals surface area (Å²) in [5, 5.41) is 0. The molecule has 0 atom stereocenters. The Hall–Kier alpha value is -1.55. The van der Waals surface area contributed by atoms with E-state index in [1.807, 2.05) is 23.6 Å². The monoisotopic (exact) mass is 247 g/mol. The Labute approximate surface area is 108 Å². The quantitative estimate of drug-likeness (QED) is 0.889. The molecule has 0 aliphatic carbocycles. The van der Waals surface area contributed by atoms with Crippen molar-refractivity contribution in [3.63, 3.8) is 0 Å². The molecule has 1 aliphatic heterocycles. The van der Waals surface area contributed by atoms with E-state index in [0.717, 1.165) is 37.3 Å². The molecule has 1 aromatic rings. The van der Waals surface area contributed by atoms with Crippen LogP contribution >= 0.6 is 0 Å². The van der Waals surface area contributed by atoms with Gasteiger partial charge in [-0.1, -0.05) is 12.7 Å². The second-order valence-electron chi connectivity index (χ2n) is 4.84. The van der Waals surface area contributed by atoms with Crippen LogP contribution in [-0.2, 0) is 0 Å². The zero-order valence-corrected chi connectivity index (χ0v) is 11.1. The number of allylic oxidation sites excluding steroid dienone is 1. The van der Waals surface area contributed by atoms with Gasteiger partial charge in [0.05, 0.1) is 11.4 Å². The summed E-state index contributed by atoms with van der Waals surface area (Å²) >= 11 is 0. The third kappa shape index (κ3) is 2.34. The van der Waals surface area contributed by atoms with Gasteiger partial charge in [-0.25, -0.2) is 4.79 Å². The zero-order chi connectivity index (χ0) is 13.1. The van der Waals surface area contributed by atoms with Crippen molar-refractivity contribution >= 4 is 12.2 Å². The lowest BCUT2D eigenvalue weighted by Gasteiger charge is -2.30. The van der Waals surface area contributed by atoms with E-state index in [2.05, 4.69) is 23.5 Å². The highest BCUT2D eigenvalue weighted by Crippen LogP contribution is 2.23. The van der Waals surface area contributed by atoms with Gasteiger partial charge in [0, 0.05) is 6.04 Å². The van der Waals surface area contributed by atoms with Gasteiger partial charge in [0.15, 0.2) is 0 Å². The molecule has 1 aromatic heterocycles. The fourth-order valence-electron chi connectivity index (χ4n) is 2.60. The maximum absolute atomic E-state index is 12.1. The number of imidazole rings is 1. The number of rotatable bonds is 3. The maximum atomic E-state index is 12.1. The summed E-state index contributed by atoms with van der Waals surface area (Å²) in [5.41, 5.74) is 1.75. The number of likely N-dealkylation sites (tertiary alicyclic amines) is 1. The predicted octanol–water partition coefficient (Wildman–Crippen LogP) is 2.12. The minimum Gasteiger partial charge on any atom is -0.306 e. The lowest BCUT2D eigenvalue weighted by atomic mass is 10.0. The van der Waals surface area contributed by atoms with Gasteiger partial charge in [-0.3, -0.25) is 4.57 Å². The molecule has 1 fully saturated rings. The first-order valence-electron chi connectivity index (χ1n) is 6.45. The average molecular weight is 247 g/mol. The van der Waals surface area contributed by atoms with Gasteiger partial charge < -0.3 is 9.88 Å². The molecular formula is C14H21N3O. The molecule has 98 valence electrons. The summed E-state index contributed by atoms with van der Waals surface area (Å²) < 4.78 is 1.87. The first kappa shape index (κ1) is 12.9. The summed E-state index contributed by atoms with van der Waals surface area (Å²) in [6.45, 7) is 7.86. The van der Waals surface area contributed by atoms with Crippen LogP contribution in [0, 0.1) is 0 Å². The number of hydrogen-bond acceptors (Lipinski definition) is 2. The topological polar surface area (TPSA) is 41.0 Å². The van der Waals surface area contributed by atoms with Crippen molar-refractivity contribution in [2.75, 3.05) is 20.1 Å². The van der Waals surface area contributed by atoms with Crippen LogP contribution in [0.2, 0.25) is 0 Å². The van der Waals surface area contributed by atoms with Crippen molar-refractivity contribution in [1.82, 2.24) is 14.5 Å². The van der Waals surface area contributed by atoms with E-state index in [0.29, 0.717) is 0 Å². The fourth-order valence-corrected chi connectivity index (χ4v) is 2.60. The number of H-pyrrole nitrogens is 1. The van der Waals surface area contributed by atoms with E-state index in [1.54, 1.807) is 6.08 Å². The van der Waals surface area contributed by atoms with E-state index in [-0.39, 0.29) is 11.7 Å². The molecule has 1 N–H and O–H groups in total. The molecule has 0 radical (unpaired) electrons. The second-order valence-corrected chi connectivity index (χ2v) is 4.84. The van der Waals surface area contributed by atoms with Crippen LogP contribution in [0.4, 0.5) is 0 Å². The molecule has 0 bridgehead atoms. The summed E-state index contributed by atoms with van der Waals surface area (Å²) in [7, 11) is 2.12. The van der Waals surface area contributed by atoms with Crippen molar-refractivity contribution in [3.8, 4) is 0 Å². The highest BCUT2D eigenvalue weighted by molar-refractivity contribution is 5.58. The highest BCUT2D eigenvalue weighted by Gasteiger charge is 2.22. The minimum absolute atomic E-state index is 0.0208. The van der Waals surface area contributed by atoms with Crippen LogP contribution in [0.5, 0.6) is 0 Å². The fraction of sp³-hybridized carbons (Fsp3) is 0.500. The van der Waals surface area contributed by atoms with E-state index in [4.69, 9.17) is 0 Å². The van der Waals surface area contributed by atoms with Crippen molar-refractivity contribution in [2.24, 2.45) is 0 Å². The molecule has 1 aliphatic rings. The lowest BCUT2D eigenvalue weighted by Crippen LogP contribution is -2.35. The first-order chi connectivity index (χ1) is 8.67. The van der Waals surface area contributed by atoms with Crippen LogP contribution in [0.3, 0.4) is 0 Å². The number of nitrogens with one attached hydrogen (secondary N) is 1. The predicted molar refractivity (Wildman–Crippen MR) is 75.6 cm³/mol. The molecule has 4 heteroatoms. The molecule has 2 rings (SSSR count). The number of aromatic nitrogens is 2. The van der Waals surface area contributed by atoms with Crippen molar-refractivity contribution < 1.29 is 0 Å². The second kappa shape index (κ2) is 5.40. The standard InChI is InChI=1S/C14H21N3O/c1-4-6-12-13(5-2)17(14(18)15-12)11-7-9-16(3)10-8-11/h4-6,11H,2,7-10H2,1,3H3,(H,15,18)/b6-4-. The minimum atomic E-state index is -0.0208. The molecule has 0 unspecified atom stereocenters. The van der Waals surface area contributed by atoms with Gasteiger partial charge in [0.2, 0.25) is 0 Å². The average Bonchev–Trinajstić information content (AvgIpc) is 2.67. The van der Waals surface area contributed by atoms with Gasteiger partial charge in [0.25, 0.3) is 0 Å². The Balaban J connectivity index is 2.38. The van der Waals surface area contributed by atoms with Crippen LogP contribution in [-0.4, -0.2) is 34.6 Å². The Kier molecular flexibility index (Phi) is 3.87. The van der Waals surface area contributed by atoms with Crippen molar-refractivity contribution in [2.45, 2.75) is 25.8 Å². The lowest BCUT2D eigenvalue weighted by molar-refractivity contribution is 0.218. The van der Waals surface area contributed by atoms with Gasteiger partial charge in [-0.05, 0) is 52.1 Å². The molecule has 0 aromatic carbocycles. The van der Waals surface area contributed by atoms with Gasteiger partial charge in [-0.2, -0.15) is 0 Å². The van der Waals surface area contributed by atoms with E-state index < -0.39 is 0 Å². The van der Waals surface area contributed by atoms with Crippen molar-refractivity contribution in [3.05, 3.63) is 34.5 Å².